The van der Waals surface area contributed by atoms with Gasteiger partial charge in [-0.05, 0) is 42.0 Å². The number of nitrogens with two attached hydrogens (primary N) is 1. The first kappa shape index (κ1) is 16.4. The SMILES string of the molecule is NS(=O)(=O)c1ccc(NCCNCc2ccc(F)cc2)cc1. The van der Waals surface area contributed by atoms with E-state index in [1.807, 2.05) is 0 Å². The van der Waals surface area contributed by atoms with E-state index < -0.39 is 10.0 Å². The minimum absolute atomic E-state index is 0.0903. The Morgan fingerprint density at radius 1 is 0.955 bits per heavy atom. The van der Waals surface area contributed by atoms with Crippen LogP contribution in [-0.4, -0.2) is 21.5 Å². The van der Waals surface area contributed by atoms with Gasteiger partial charge in [-0.25, -0.2) is 17.9 Å². The molecule has 0 spiro atoms. The molecule has 0 atom stereocenters. The number of primary sulfonamides is 1. The quantitative estimate of drug-likeness (QED) is 0.677. The topological polar surface area (TPSA) is 84.2 Å². The second-order valence-electron chi connectivity index (χ2n) is 4.80. The van der Waals surface area contributed by atoms with E-state index in [2.05, 4.69) is 10.6 Å². The van der Waals surface area contributed by atoms with Crippen molar-refractivity contribution in [3.63, 3.8) is 0 Å². The van der Waals surface area contributed by atoms with Crippen molar-refractivity contribution in [1.82, 2.24) is 5.32 Å². The largest absolute Gasteiger partial charge is 0.384 e. The normalized spacial score (nSPS) is 11.4. The van der Waals surface area contributed by atoms with Gasteiger partial charge in [-0.2, -0.15) is 0 Å². The maximum absolute atomic E-state index is 12.7. The highest BCUT2D eigenvalue weighted by atomic mass is 32.2. The van der Waals surface area contributed by atoms with Gasteiger partial charge in [0.25, 0.3) is 0 Å². The fourth-order valence-electron chi connectivity index (χ4n) is 1.89. The van der Waals surface area contributed by atoms with Crippen molar-refractivity contribution in [2.24, 2.45) is 5.14 Å². The number of nitrogens with one attached hydrogen (secondary N) is 2. The Labute approximate surface area is 129 Å². The molecule has 5 nitrogen and oxygen atoms in total. The number of benzene rings is 2. The van der Waals surface area contributed by atoms with Crippen LogP contribution in [0.2, 0.25) is 0 Å². The van der Waals surface area contributed by atoms with Gasteiger partial charge in [0.1, 0.15) is 5.82 Å². The van der Waals surface area contributed by atoms with Gasteiger partial charge in [0.05, 0.1) is 4.90 Å². The molecule has 22 heavy (non-hydrogen) atoms. The molecule has 0 amide bonds. The third kappa shape index (κ3) is 5.10. The first-order valence-corrected chi connectivity index (χ1v) is 8.32. The molecule has 0 unspecified atom stereocenters. The maximum atomic E-state index is 12.7. The zero-order valence-electron chi connectivity index (χ0n) is 11.9. The van der Waals surface area contributed by atoms with Gasteiger partial charge in [-0.15, -0.1) is 0 Å². The van der Waals surface area contributed by atoms with Crippen LogP contribution >= 0.6 is 0 Å². The number of anilines is 1. The van der Waals surface area contributed by atoms with Crippen LogP contribution in [0.4, 0.5) is 10.1 Å². The average Bonchev–Trinajstić information content (AvgIpc) is 2.48. The van der Waals surface area contributed by atoms with Crippen LogP contribution in [0.1, 0.15) is 5.56 Å². The highest BCUT2D eigenvalue weighted by Gasteiger charge is 2.06. The molecule has 7 heteroatoms. The number of sulfonamides is 1. The summed E-state index contributed by atoms with van der Waals surface area (Å²) in [4.78, 5) is 0.0903. The van der Waals surface area contributed by atoms with E-state index in [1.165, 1.54) is 24.3 Å². The number of hydrogen-bond acceptors (Lipinski definition) is 4. The number of hydrogen-bond donors (Lipinski definition) is 3. The van der Waals surface area contributed by atoms with Crippen LogP contribution in [0.15, 0.2) is 53.4 Å². The smallest absolute Gasteiger partial charge is 0.238 e. The van der Waals surface area contributed by atoms with Gasteiger partial charge in [-0.1, -0.05) is 12.1 Å². The molecule has 118 valence electrons. The lowest BCUT2D eigenvalue weighted by Gasteiger charge is -2.08. The fourth-order valence-corrected chi connectivity index (χ4v) is 2.41. The summed E-state index contributed by atoms with van der Waals surface area (Å²) in [5.74, 6) is -0.242. The summed E-state index contributed by atoms with van der Waals surface area (Å²) in [5.41, 5.74) is 1.83. The summed E-state index contributed by atoms with van der Waals surface area (Å²) >= 11 is 0. The Morgan fingerprint density at radius 2 is 1.59 bits per heavy atom. The molecule has 2 rings (SSSR count). The van der Waals surface area contributed by atoms with Crippen molar-refractivity contribution >= 4 is 15.7 Å². The summed E-state index contributed by atoms with van der Waals surface area (Å²) in [6.07, 6.45) is 0. The highest BCUT2D eigenvalue weighted by Crippen LogP contribution is 2.12. The molecule has 0 saturated heterocycles. The predicted molar refractivity (Wildman–Crippen MR) is 84.4 cm³/mol. The third-order valence-corrected chi connectivity index (χ3v) is 3.99. The van der Waals surface area contributed by atoms with Crippen molar-refractivity contribution in [2.75, 3.05) is 18.4 Å². The monoisotopic (exact) mass is 323 g/mol. The molecule has 0 aliphatic rings. The lowest BCUT2D eigenvalue weighted by molar-refractivity contribution is 0.598. The molecule has 0 aliphatic heterocycles. The van der Waals surface area contributed by atoms with Crippen molar-refractivity contribution in [2.45, 2.75) is 11.4 Å². The molecule has 2 aromatic carbocycles. The van der Waals surface area contributed by atoms with E-state index in [0.717, 1.165) is 11.3 Å². The summed E-state index contributed by atoms with van der Waals surface area (Å²) in [7, 11) is -3.65. The molecule has 0 radical (unpaired) electrons. The highest BCUT2D eigenvalue weighted by molar-refractivity contribution is 7.89. The van der Waals surface area contributed by atoms with Crippen LogP contribution in [0.25, 0.3) is 0 Å². The first-order chi connectivity index (χ1) is 10.4. The molecule has 2 aromatic rings. The van der Waals surface area contributed by atoms with Crippen molar-refractivity contribution < 1.29 is 12.8 Å². The van der Waals surface area contributed by atoms with E-state index in [1.54, 1.807) is 24.3 Å². The zero-order valence-corrected chi connectivity index (χ0v) is 12.7. The minimum atomic E-state index is -3.65. The van der Waals surface area contributed by atoms with Crippen LogP contribution in [0.5, 0.6) is 0 Å². The molecular formula is C15H18FN3O2S. The van der Waals surface area contributed by atoms with E-state index >= 15 is 0 Å². The van der Waals surface area contributed by atoms with Crippen LogP contribution in [-0.2, 0) is 16.6 Å². The Hall–Kier alpha value is -1.96. The van der Waals surface area contributed by atoms with Crippen molar-refractivity contribution in [3.8, 4) is 0 Å². The van der Waals surface area contributed by atoms with Crippen molar-refractivity contribution in [1.29, 1.82) is 0 Å². The van der Waals surface area contributed by atoms with Gasteiger partial charge in [-0.3, -0.25) is 0 Å². The molecule has 4 N–H and O–H groups in total. The predicted octanol–water partition coefficient (Wildman–Crippen LogP) is 1.67. The van der Waals surface area contributed by atoms with Gasteiger partial charge in [0.15, 0.2) is 0 Å². The fraction of sp³-hybridized carbons (Fsp3) is 0.200. The second-order valence-corrected chi connectivity index (χ2v) is 6.36. The molecule has 0 saturated carbocycles. The van der Waals surface area contributed by atoms with Gasteiger partial charge in [0, 0.05) is 25.3 Å². The molecule has 0 aliphatic carbocycles. The summed E-state index contributed by atoms with van der Waals surface area (Å²) < 4.78 is 35.0. The molecule has 0 fully saturated rings. The average molecular weight is 323 g/mol. The number of rotatable bonds is 7. The van der Waals surface area contributed by atoms with Crippen molar-refractivity contribution in [3.05, 3.63) is 59.9 Å². The molecule has 0 aromatic heterocycles. The Morgan fingerprint density at radius 3 is 2.18 bits per heavy atom. The van der Waals surface area contributed by atoms with Gasteiger partial charge < -0.3 is 10.6 Å². The summed E-state index contributed by atoms with van der Waals surface area (Å²) in [6.45, 7) is 2.05. The number of halogens is 1. The molecular weight excluding hydrogens is 305 g/mol. The van der Waals surface area contributed by atoms with Gasteiger partial charge >= 0.3 is 0 Å². The maximum Gasteiger partial charge on any atom is 0.238 e. The standard InChI is InChI=1S/C15H18FN3O2S/c16-13-3-1-12(2-4-13)11-18-9-10-19-14-5-7-15(8-6-14)22(17,20)21/h1-8,18-19H,9-11H2,(H2,17,20,21). The van der Waals surface area contributed by atoms with Gasteiger partial charge in [0.2, 0.25) is 10.0 Å². The molecule has 0 heterocycles. The second kappa shape index (κ2) is 7.35. The van der Waals surface area contributed by atoms with E-state index in [9.17, 15) is 12.8 Å². The van der Waals surface area contributed by atoms with E-state index in [-0.39, 0.29) is 10.7 Å². The third-order valence-electron chi connectivity index (χ3n) is 3.06. The summed E-state index contributed by atoms with van der Waals surface area (Å²) in [6, 6.07) is 12.6. The Bertz CT molecular complexity index is 701. The first-order valence-electron chi connectivity index (χ1n) is 6.77. The van der Waals surface area contributed by atoms with E-state index in [0.29, 0.717) is 19.6 Å². The summed E-state index contributed by atoms with van der Waals surface area (Å²) in [5, 5.41) is 11.4. The Kier molecular flexibility index (Phi) is 5.48. The molecule has 0 bridgehead atoms. The lowest BCUT2D eigenvalue weighted by atomic mass is 10.2. The Balaban J connectivity index is 1.71. The van der Waals surface area contributed by atoms with Crippen LogP contribution < -0.4 is 15.8 Å². The van der Waals surface area contributed by atoms with Crippen LogP contribution in [0, 0.1) is 5.82 Å². The minimum Gasteiger partial charge on any atom is -0.384 e. The lowest BCUT2D eigenvalue weighted by Crippen LogP contribution is -2.21. The van der Waals surface area contributed by atoms with Crippen LogP contribution in [0.3, 0.4) is 0 Å². The van der Waals surface area contributed by atoms with E-state index in [4.69, 9.17) is 5.14 Å². The zero-order chi connectivity index (χ0) is 16.0.